The van der Waals surface area contributed by atoms with Crippen LogP contribution in [0.2, 0.25) is 0 Å². The van der Waals surface area contributed by atoms with Gasteiger partial charge in [-0.3, -0.25) is 0 Å². The number of anilines is 2. The number of ether oxygens (including phenoxy) is 2. The Labute approximate surface area is 206 Å². The molecular formula is C23H19F2N3O7S. The molecule has 3 N–H and O–H groups in total. The van der Waals surface area contributed by atoms with Crippen LogP contribution in [0.5, 0.6) is 11.5 Å². The number of carbonyl (C=O) groups excluding carboxylic acids is 2. The van der Waals surface area contributed by atoms with E-state index in [-0.39, 0.29) is 28.4 Å². The van der Waals surface area contributed by atoms with E-state index in [0.717, 1.165) is 17.4 Å². The molecular weight excluding hydrogens is 500 g/mol. The second-order valence-electron chi connectivity index (χ2n) is 7.44. The number of methoxy groups -OCH3 is 1. The molecule has 2 aromatic carbocycles. The Kier molecular flexibility index (Phi) is 7.20. The Morgan fingerprint density at radius 2 is 2.00 bits per heavy atom. The summed E-state index contributed by atoms with van der Waals surface area (Å²) in [5.41, 5.74) is 2.29. The monoisotopic (exact) mass is 519 g/mol. The summed E-state index contributed by atoms with van der Waals surface area (Å²) >= 11 is 0.825. The fraction of sp³-hybridized carbons (Fsp3) is 0.174. The molecule has 3 aromatic rings. The molecule has 1 aliphatic heterocycles. The third-order valence-corrected chi connectivity index (χ3v) is 6.07. The number of hydrogen-bond acceptors (Lipinski definition) is 8. The topological polar surface area (TPSA) is 126 Å². The molecule has 0 bridgehead atoms. The van der Waals surface area contributed by atoms with E-state index < -0.39 is 29.6 Å². The average molecular weight is 519 g/mol. The highest BCUT2D eigenvalue weighted by molar-refractivity contribution is 7.12. The molecule has 2 heterocycles. The van der Waals surface area contributed by atoms with Gasteiger partial charge in [-0.1, -0.05) is 0 Å². The number of nitrogens with zero attached hydrogens (tertiary/aromatic N) is 1. The van der Waals surface area contributed by atoms with Gasteiger partial charge in [0, 0.05) is 24.2 Å². The van der Waals surface area contributed by atoms with Crippen molar-refractivity contribution < 1.29 is 42.6 Å². The first-order chi connectivity index (χ1) is 17.3. The number of hydroxylamine groups is 1. The normalized spacial score (nSPS) is 12.2. The molecule has 0 spiro atoms. The van der Waals surface area contributed by atoms with Gasteiger partial charge < -0.3 is 29.6 Å². The van der Waals surface area contributed by atoms with Gasteiger partial charge in [-0.2, -0.15) is 5.48 Å². The summed E-state index contributed by atoms with van der Waals surface area (Å²) in [6, 6.07) is 6.70. The minimum absolute atomic E-state index is 0.185. The van der Waals surface area contributed by atoms with E-state index in [4.69, 9.17) is 14.6 Å². The third kappa shape index (κ3) is 5.30. The van der Waals surface area contributed by atoms with Crippen molar-refractivity contribution in [3.8, 4) is 11.5 Å². The van der Waals surface area contributed by atoms with Crippen LogP contribution < -0.4 is 25.2 Å². The van der Waals surface area contributed by atoms with Crippen molar-refractivity contribution in [1.29, 1.82) is 0 Å². The summed E-state index contributed by atoms with van der Waals surface area (Å²) in [4.78, 5) is 41.7. The molecule has 0 atom stereocenters. The van der Waals surface area contributed by atoms with Gasteiger partial charge in [0.15, 0.2) is 0 Å². The fourth-order valence-electron chi connectivity index (χ4n) is 3.55. The van der Waals surface area contributed by atoms with Crippen molar-refractivity contribution in [3.05, 3.63) is 69.4 Å². The van der Waals surface area contributed by atoms with E-state index in [1.807, 2.05) is 10.4 Å². The van der Waals surface area contributed by atoms with Gasteiger partial charge >= 0.3 is 18.0 Å². The molecule has 0 aliphatic carbocycles. The van der Waals surface area contributed by atoms with Crippen LogP contribution >= 0.6 is 11.3 Å². The van der Waals surface area contributed by atoms with E-state index in [9.17, 15) is 23.2 Å². The van der Waals surface area contributed by atoms with Gasteiger partial charge in [0.25, 0.3) is 0 Å². The maximum Gasteiger partial charge on any atom is 0.373 e. The Morgan fingerprint density at radius 1 is 1.19 bits per heavy atom. The summed E-state index contributed by atoms with van der Waals surface area (Å²) < 4.78 is 39.3. The first kappa shape index (κ1) is 24.7. The lowest BCUT2D eigenvalue weighted by Gasteiger charge is -2.31. The zero-order chi connectivity index (χ0) is 25.8. The number of carbonyl (C=O) groups is 3. The number of hydrogen-bond donors (Lipinski definition) is 3. The van der Waals surface area contributed by atoms with Crippen molar-refractivity contribution in [2.45, 2.75) is 6.54 Å². The number of thiophene rings is 1. The van der Waals surface area contributed by atoms with E-state index in [2.05, 4.69) is 10.2 Å². The van der Waals surface area contributed by atoms with Crippen LogP contribution in [0.1, 0.15) is 25.6 Å². The molecule has 0 saturated carbocycles. The smallest absolute Gasteiger partial charge is 0.373 e. The molecule has 1 aliphatic rings. The summed E-state index contributed by atoms with van der Waals surface area (Å²) in [5, 5.41) is 12.7. The molecule has 0 unspecified atom stereocenters. The third-order valence-electron chi connectivity index (χ3n) is 5.18. The number of carboxylic acid groups (broad SMARTS) is 1. The van der Waals surface area contributed by atoms with Gasteiger partial charge in [0.2, 0.25) is 0 Å². The SMILES string of the molecule is COc1cc(F)c(NC(=O)NOC(=O)c2sccc2C(=O)O)cc1CN1CCOc2ccc(F)cc21. The standard InChI is InChI=1S/C23H19F2N3O7S/c1-33-19-10-15(25)16(26-23(32)27-35-22(31)20-14(21(29)30)4-7-36-20)8-12(19)11-28-5-6-34-18-3-2-13(24)9-17(18)28/h2-4,7-10H,5-6,11H2,1H3,(H,29,30)(H2,26,27,32). The van der Waals surface area contributed by atoms with E-state index in [1.165, 1.54) is 42.8 Å². The molecule has 13 heteroatoms. The second-order valence-corrected chi connectivity index (χ2v) is 8.36. The van der Waals surface area contributed by atoms with Crippen molar-refractivity contribution in [1.82, 2.24) is 5.48 Å². The number of halogens is 2. The number of urea groups is 1. The zero-order valence-electron chi connectivity index (χ0n) is 18.7. The maximum absolute atomic E-state index is 14.6. The Hall–Kier alpha value is -4.39. The predicted molar refractivity (Wildman–Crippen MR) is 125 cm³/mol. The van der Waals surface area contributed by atoms with Crippen molar-refractivity contribution in [2.24, 2.45) is 0 Å². The molecule has 0 saturated heterocycles. The largest absolute Gasteiger partial charge is 0.496 e. The molecule has 36 heavy (non-hydrogen) atoms. The van der Waals surface area contributed by atoms with Crippen molar-refractivity contribution in [2.75, 3.05) is 30.5 Å². The Morgan fingerprint density at radius 3 is 2.75 bits per heavy atom. The van der Waals surface area contributed by atoms with Crippen LogP contribution in [0.3, 0.4) is 0 Å². The van der Waals surface area contributed by atoms with Crippen LogP contribution in [0, 0.1) is 11.6 Å². The molecule has 0 radical (unpaired) electrons. The van der Waals surface area contributed by atoms with E-state index in [0.29, 0.717) is 30.2 Å². The fourth-order valence-corrected chi connectivity index (χ4v) is 4.31. The summed E-state index contributed by atoms with van der Waals surface area (Å²) in [6.07, 6.45) is 0. The Balaban J connectivity index is 1.47. The molecule has 10 nitrogen and oxygen atoms in total. The van der Waals surface area contributed by atoms with Crippen LogP contribution in [-0.4, -0.2) is 43.3 Å². The van der Waals surface area contributed by atoms with Gasteiger partial charge in [0.05, 0.1) is 30.6 Å². The predicted octanol–water partition coefficient (Wildman–Crippen LogP) is 4.03. The molecule has 2 amide bonds. The number of benzene rings is 2. The summed E-state index contributed by atoms with van der Waals surface area (Å²) in [5.74, 6) is -2.98. The van der Waals surface area contributed by atoms with Gasteiger partial charge in [-0.15, -0.1) is 11.3 Å². The zero-order valence-corrected chi connectivity index (χ0v) is 19.5. The highest BCUT2D eigenvalue weighted by Gasteiger charge is 2.23. The van der Waals surface area contributed by atoms with Crippen LogP contribution in [-0.2, 0) is 11.4 Å². The van der Waals surface area contributed by atoms with Gasteiger partial charge in [-0.05, 0) is 29.6 Å². The number of rotatable bonds is 6. The highest BCUT2D eigenvalue weighted by atomic mass is 32.1. The molecule has 0 fully saturated rings. The molecule has 1 aromatic heterocycles. The van der Waals surface area contributed by atoms with E-state index >= 15 is 0 Å². The van der Waals surface area contributed by atoms with Crippen LogP contribution in [0.4, 0.5) is 25.0 Å². The van der Waals surface area contributed by atoms with Crippen LogP contribution in [0.15, 0.2) is 41.8 Å². The number of aromatic carboxylic acids is 1. The average Bonchev–Trinajstić information content (AvgIpc) is 3.35. The number of carboxylic acids is 1. The van der Waals surface area contributed by atoms with Gasteiger partial charge in [0.1, 0.15) is 34.6 Å². The number of nitrogens with one attached hydrogen (secondary N) is 2. The minimum Gasteiger partial charge on any atom is -0.496 e. The van der Waals surface area contributed by atoms with E-state index in [1.54, 1.807) is 0 Å². The second kappa shape index (κ2) is 10.5. The number of fused-ring (bicyclic) bond motifs is 1. The lowest BCUT2D eigenvalue weighted by atomic mass is 10.1. The summed E-state index contributed by atoms with van der Waals surface area (Å²) in [7, 11) is 1.36. The lowest BCUT2D eigenvalue weighted by Crippen LogP contribution is -2.33. The first-order valence-corrected chi connectivity index (χ1v) is 11.3. The quantitative estimate of drug-likeness (QED) is 0.417. The highest BCUT2D eigenvalue weighted by Crippen LogP contribution is 2.35. The maximum atomic E-state index is 14.6. The Bertz CT molecular complexity index is 1330. The molecule has 188 valence electrons. The van der Waals surface area contributed by atoms with Crippen molar-refractivity contribution >= 4 is 40.7 Å². The summed E-state index contributed by atoms with van der Waals surface area (Å²) in [6.45, 7) is 0.969. The minimum atomic E-state index is -1.33. The van der Waals surface area contributed by atoms with Crippen molar-refractivity contribution in [3.63, 3.8) is 0 Å². The van der Waals surface area contributed by atoms with Crippen LogP contribution in [0.25, 0.3) is 0 Å². The van der Waals surface area contributed by atoms with Gasteiger partial charge in [-0.25, -0.2) is 23.2 Å². The lowest BCUT2D eigenvalue weighted by molar-refractivity contribution is 0.0340. The first-order valence-electron chi connectivity index (χ1n) is 10.4. The number of amides is 2. The molecule has 4 rings (SSSR count).